The van der Waals surface area contributed by atoms with Gasteiger partial charge >= 0.3 is 5.97 Å². The Balaban J connectivity index is 2.56. The Morgan fingerprint density at radius 2 is 1.88 bits per heavy atom. The highest BCUT2D eigenvalue weighted by Crippen LogP contribution is 2.26. The Bertz CT molecular complexity index is 569. The van der Waals surface area contributed by atoms with Crippen molar-refractivity contribution in [1.82, 2.24) is 5.16 Å². The SMILES string of the molecule is Cc1cc(F)c(-c2cc(C(=O)O)on2)c(F)c1. The minimum Gasteiger partial charge on any atom is -0.475 e. The molecule has 1 heterocycles. The van der Waals surface area contributed by atoms with E-state index in [1.807, 2.05) is 0 Å². The quantitative estimate of drug-likeness (QED) is 0.874. The minimum atomic E-state index is -1.35. The van der Waals surface area contributed by atoms with Gasteiger partial charge in [0.15, 0.2) is 0 Å². The van der Waals surface area contributed by atoms with Crippen molar-refractivity contribution >= 4 is 5.97 Å². The summed E-state index contributed by atoms with van der Waals surface area (Å²) in [5, 5.41) is 11.9. The van der Waals surface area contributed by atoms with E-state index in [4.69, 9.17) is 5.11 Å². The molecule has 0 spiro atoms. The van der Waals surface area contributed by atoms with E-state index in [2.05, 4.69) is 9.68 Å². The van der Waals surface area contributed by atoms with E-state index in [0.717, 1.165) is 18.2 Å². The van der Waals surface area contributed by atoms with Crippen LogP contribution in [0, 0.1) is 18.6 Å². The summed E-state index contributed by atoms with van der Waals surface area (Å²) in [5.41, 5.74) is -0.157. The van der Waals surface area contributed by atoms with Crippen LogP contribution in [0.25, 0.3) is 11.3 Å². The van der Waals surface area contributed by atoms with Gasteiger partial charge in [-0.25, -0.2) is 13.6 Å². The van der Waals surface area contributed by atoms with Crippen LogP contribution in [0.5, 0.6) is 0 Å². The Hall–Kier alpha value is -2.24. The molecule has 0 bridgehead atoms. The van der Waals surface area contributed by atoms with Gasteiger partial charge in [-0.15, -0.1) is 0 Å². The molecule has 2 aromatic rings. The van der Waals surface area contributed by atoms with Crippen LogP contribution in [0.1, 0.15) is 16.1 Å². The first-order valence-electron chi connectivity index (χ1n) is 4.65. The molecule has 6 heteroatoms. The standard InChI is InChI=1S/C11H7F2NO3/c1-5-2-6(12)10(7(13)3-5)8-4-9(11(15)16)17-14-8/h2-4H,1H3,(H,15,16). The van der Waals surface area contributed by atoms with Crippen LogP contribution in [0.3, 0.4) is 0 Å². The van der Waals surface area contributed by atoms with Gasteiger partial charge in [0.1, 0.15) is 17.3 Å². The number of aromatic nitrogens is 1. The summed E-state index contributed by atoms with van der Waals surface area (Å²) < 4.78 is 31.5. The molecule has 0 radical (unpaired) electrons. The van der Waals surface area contributed by atoms with E-state index in [1.54, 1.807) is 6.92 Å². The second kappa shape index (κ2) is 3.97. The lowest BCUT2D eigenvalue weighted by Crippen LogP contribution is -1.93. The molecule has 0 amide bonds. The van der Waals surface area contributed by atoms with Crippen LogP contribution in [-0.4, -0.2) is 16.2 Å². The highest BCUT2D eigenvalue weighted by molar-refractivity contribution is 5.85. The summed E-state index contributed by atoms with van der Waals surface area (Å²) in [6.45, 7) is 1.54. The molecular weight excluding hydrogens is 232 g/mol. The third-order valence-electron chi connectivity index (χ3n) is 2.16. The van der Waals surface area contributed by atoms with E-state index >= 15 is 0 Å². The number of hydrogen-bond donors (Lipinski definition) is 1. The average molecular weight is 239 g/mol. The number of nitrogens with zero attached hydrogens (tertiary/aromatic N) is 1. The Labute approximate surface area is 94.5 Å². The molecule has 17 heavy (non-hydrogen) atoms. The van der Waals surface area contributed by atoms with E-state index in [1.165, 1.54) is 0 Å². The smallest absolute Gasteiger partial charge is 0.374 e. The number of aryl methyl sites for hydroxylation is 1. The van der Waals surface area contributed by atoms with E-state index in [9.17, 15) is 13.6 Å². The summed E-state index contributed by atoms with van der Waals surface area (Å²) >= 11 is 0. The predicted molar refractivity (Wildman–Crippen MR) is 53.6 cm³/mol. The number of aromatic carboxylic acids is 1. The van der Waals surface area contributed by atoms with Crippen LogP contribution < -0.4 is 0 Å². The summed E-state index contributed by atoms with van der Waals surface area (Å²) in [6, 6.07) is 3.24. The number of hydrogen-bond acceptors (Lipinski definition) is 3. The highest BCUT2D eigenvalue weighted by atomic mass is 19.1. The van der Waals surface area contributed by atoms with E-state index in [-0.39, 0.29) is 5.69 Å². The lowest BCUT2D eigenvalue weighted by molar-refractivity contribution is 0.0652. The first-order chi connectivity index (χ1) is 7.99. The lowest BCUT2D eigenvalue weighted by atomic mass is 10.1. The zero-order valence-corrected chi connectivity index (χ0v) is 8.70. The van der Waals surface area contributed by atoms with Gasteiger partial charge < -0.3 is 9.63 Å². The molecule has 1 N–H and O–H groups in total. The zero-order chi connectivity index (χ0) is 12.6. The fourth-order valence-electron chi connectivity index (χ4n) is 1.44. The molecule has 0 unspecified atom stereocenters. The second-order valence-electron chi connectivity index (χ2n) is 3.49. The molecule has 0 aliphatic heterocycles. The molecule has 2 rings (SSSR count). The number of carboxylic acid groups (broad SMARTS) is 1. The van der Waals surface area contributed by atoms with Gasteiger partial charge in [0.05, 0.1) is 5.56 Å². The van der Waals surface area contributed by atoms with Crippen molar-refractivity contribution in [2.24, 2.45) is 0 Å². The molecule has 4 nitrogen and oxygen atoms in total. The molecule has 88 valence electrons. The molecule has 1 aromatic heterocycles. The number of rotatable bonds is 2. The number of benzene rings is 1. The molecule has 0 atom stereocenters. The molecular formula is C11H7F2NO3. The zero-order valence-electron chi connectivity index (χ0n) is 8.70. The summed E-state index contributed by atoms with van der Waals surface area (Å²) in [5.74, 6) is -3.45. The van der Waals surface area contributed by atoms with Crippen molar-refractivity contribution in [2.45, 2.75) is 6.92 Å². The van der Waals surface area contributed by atoms with Crippen LogP contribution in [0.4, 0.5) is 8.78 Å². The van der Waals surface area contributed by atoms with Gasteiger partial charge in [-0.3, -0.25) is 0 Å². The van der Waals surface area contributed by atoms with Crippen molar-refractivity contribution in [3.05, 3.63) is 41.2 Å². The maximum absolute atomic E-state index is 13.5. The number of halogens is 2. The van der Waals surface area contributed by atoms with E-state index in [0.29, 0.717) is 5.56 Å². The summed E-state index contributed by atoms with van der Waals surface area (Å²) in [4.78, 5) is 10.5. The third kappa shape index (κ3) is 2.01. The molecule has 1 aromatic carbocycles. The van der Waals surface area contributed by atoms with Crippen LogP contribution in [0.15, 0.2) is 22.7 Å². The average Bonchev–Trinajstić information content (AvgIpc) is 2.65. The van der Waals surface area contributed by atoms with Crippen LogP contribution in [-0.2, 0) is 0 Å². The summed E-state index contributed by atoms with van der Waals surface area (Å²) in [6.07, 6.45) is 0. The van der Waals surface area contributed by atoms with Crippen molar-refractivity contribution in [2.75, 3.05) is 0 Å². The van der Waals surface area contributed by atoms with Gasteiger partial charge in [-0.2, -0.15) is 0 Å². The molecule has 0 fully saturated rings. The van der Waals surface area contributed by atoms with Gasteiger partial charge in [0, 0.05) is 6.07 Å². The molecule has 0 aliphatic rings. The molecule has 0 aliphatic carbocycles. The first kappa shape index (κ1) is 11.3. The normalized spacial score (nSPS) is 10.5. The molecule has 0 saturated carbocycles. The highest BCUT2D eigenvalue weighted by Gasteiger charge is 2.18. The van der Waals surface area contributed by atoms with Gasteiger partial charge in [-0.05, 0) is 24.6 Å². The van der Waals surface area contributed by atoms with Gasteiger partial charge in [-0.1, -0.05) is 5.16 Å². The first-order valence-corrected chi connectivity index (χ1v) is 4.65. The fraction of sp³-hybridized carbons (Fsp3) is 0.0909. The fourth-order valence-corrected chi connectivity index (χ4v) is 1.44. The summed E-state index contributed by atoms with van der Waals surface area (Å²) in [7, 11) is 0. The third-order valence-corrected chi connectivity index (χ3v) is 2.16. The largest absolute Gasteiger partial charge is 0.475 e. The number of carboxylic acids is 1. The Morgan fingerprint density at radius 3 is 2.35 bits per heavy atom. The van der Waals surface area contributed by atoms with Crippen LogP contribution in [0.2, 0.25) is 0 Å². The predicted octanol–water partition coefficient (Wildman–Crippen LogP) is 2.63. The van der Waals surface area contributed by atoms with Gasteiger partial charge in [0.2, 0.25) is 5.76 Å². The van der Waals surface area contributed by atoms with Crippen molar-refractivity contribution in [3.8, 4) is 11.3 Å². The van der Waals surface area contributed by atoms with Crippen LogP contribution >= 0.6 is 0 Å². The van der Waals surface area contributed by atoms with Crippen molar-refractivity contribution in [1.29, 1.82) is 0 Å². The maximum atomic E-state index is 13.5. The van der Waals surface area contributed by atoms with Crippen molar-refractivity contribution < 1.29 is 23.2 Å². The lowest BCUT2D eigenvalue weighted by Gasteiger charge is -2.01. The Kier molecular flexibility index (Phi) is 2.63. The topological polar surface area (TPSA) is 63.3 Å². The number of carbonyl (C=O) groups is 1. The Morgan fingerprint density at radius 1 is 1.29 bits per heavy atom. The monoisotopic (exact) mass is 239 g/mol. The minimum absolute atomic E-state index is 0.183. The van der Waals surface area contributed by atoms with E-state index < -0.39 is 28.9 Å². The maximum Gasteiger partial charge on any atom is 0.374 e. The second-order valence-corrected chi connectivity index (χ2v) is 3.49. The molecule has 0 saturated heterocycles. The van der Waals surface area contributed by atoms with Crippen molar-refractivity contribution in [3.63, 3.8) is 0 Å². The van der Waals surface area contributed by atoms with Gasteiger partial charge in [0.25, 0.3) is 0 Å².